The van der Waals surface area contributed by atoms with Gasteiger partial charge in [0.1, 0.15) is 0 Å². The first kappa shape index (κ1) is 34.8. The second-order valence-corrected chi connectivity index (χ2v) is 9.05. The summed E-state index contributed by atoms with van der Waals surface area (Å²) < 4.78 is 9.97. The van der Waals surface area contributed by atoms with E-state index in [4.69, 9.17) is 45.3 Å². The molecule has 10 nitrogen and oxygen atoms in total. The average molecular weight is 480 g/mol. The van der Waals surface area contributed by atoms with Gasteiger partial charge in [-0.1, -0.05) is 40.0 Å². The first-order valence-corrected chi connectivity index (χ1v) is 13.0. The largest absolute Gasteiger partial charge is 0.467 e. The monoisotopic (exact) mass is 480 g/mol. The van der Waals surface area contributed by atoms with Crippen LogP contribution in [-0.4, -0.2) is 53.0 Å². The lowest BCUT2D eigenvalue weighted by atomic mass is 10.4. The predicted octanol–water partition coefficient (Wildman–Crippen LogP) is 1.62. The molecule has 166 valence electrons. The van der Waals surface area contributed by atoms with Crippen molar-refractivity contribution in [3.63, 3.8) is 0 Å². The van der Waals surface area contributed by atoms with E-state index >= 15 is 0 Å². The van der Waals surface area contributed by atoms with Crippen molar-refractivity contribution in [1.82, 2.24) is 9.97 Å². The van der Waals surface area contributed by atoms with Crippen molar-refractivity contribution < 1.29 is 38.8 Å². The maximum atomic E-state index is 7.56. The minimum Gasteiger partial charge on any atom is -0.467 e. The molecular weight excluding hydrogens is 450 g/mol. The molecule has 0 amide bonds. The van der Waals surface area contributed by atoms with Crippen molar-refractivity contribution in [3.8, 4) is 24.2 Å². The molecule has 0 aromatic carbocycles. The van der Waals surface area contributed by atoms with Gasteiger partial charge in [0.15, 0.2) is 6.61 Å². The van der Waals surface area contributed by atoms with Gasteiger partial charge in [-0.05, 0) is 30.5 Å². The van der Waals surface area contributed by atoms with Crippen molar-refractivity contribution in [2.75, 3.05) is 13.7 Å². The third kappa shape index (κ3) is 49.9. The molecule has 0 fully saturated rings. The van der Waals surface area contributed by atoms with E-state index in [-0.39, 0.29) is 12.6 Å². The van der Waals surface area contributed by atoms with Crippen LogP contribution in [0.15, 0.2) is 6.07 Å². The summed E-state index contributed by atoms with van der Waals surface area (Å²) in [7, 11) is 1.50. The number of nitrogens with zero attached hydrogens (tertiary/aromatic N) is 2. The molecule has 14 heteroatoms. The smallest absolute Gasteiger partial charge is 0.319 e. The lowest BCUT2D eigenvalue weighted by Gasteiger charge is -2.03. The summed E-state index contributed by atoms with van der Waals surface area (Å²) in [6.45, 7) is 2.66. The highest BCUT2D eigenvalue weighted by Crippen LogP contribution is 2.27. The summed E-state index contributed by atoms with van der Waals surface area (Å²) >= 11 is 7.21. The number of aromatic nitrogens is 2. The fourth-order valence-corrected chi connectivity index (χ4v) is 0.794. The van der Waals surface area contributed by atoms with Gasteiger partial charge in [-0.3, -0.25) is 0 Å². The highest BCUT2D eigenvalue weighted by molar-refractivity contribution is 8.06. The second kappa shape index (κ2) is 21.0. The van der Waals surface area contributed by atoms with Crippen molar-refractivity contribution >= 4 is 37.1 Å². The van der Waals surface area contributed by atoms with Crippen LogP contribution in [0.1, 0.15) is 39.8 Å². The quantitative estimate of drug-likeness (QED) is 0.274. The minimum absolute atomic E-state index is 0.194. The Labute approximate surface area is 176 Å². The van der Waals surface area contributed by atoms with Gasteiger partial charge in [-0.15, -0.1) is 6.42 Å². The number of terminal acetylenes is 1. The molecule has 1 rings (SSSR count). The maximum Gasteiger partial charge on any atom is 0.319 e. The zero-order valence-corrected chi connectivity index (χ0v) is 20.1. The Kier molecular flexibility index (Phi) is 26.1. The molecule has 0 atom stereocenters. The zero-order valence-electron chi connectivity index (χ0n) is 16.7. The Hall–Kier alpha value is -0.700. The highest BCUT2D eigenvalue weighted by atomic mass is 32.5. The van der Waals surface area contributed by atoms with Crippen LogP contribution in [-0.2, 0) is 23.6 Å². The molecule has 1 aromatic heterocycles. The van der Waals surface area contributed by atoms with Crippen LogP contribution in [0, 0.1) is 19.3 Å². The Morgan fingerprint density at radius 1 is 1.04 bits per heavy atom. The summed E-state index contributed by atoms with van der Waals surface area (Å²) in [6, 6.07) is 1.98. The summed E-state index contributed by atoms with van der Waals surface area (Å²) in [5.74, 6) is 2.78. The second-order valence-electron chi connectivity index (χ2n) is 4.06. The Balaban J connectivity index is -0.000000160. The molecule has 0 saturated carbocycles. The minimum atomic E-state index is -3.81. The Morgan fingerprint density at radius 3 is 1.68 bits per heavy atom. The van der Waals surface area contributed by atoms with E-state index < -0.39 is 13.4 Å². The van der Waals surface area contributed by atoms with Crippen LogP contribution in [0.4, 0.5) is 0 Å². The van der Waals surface area contributed by atoms with Gasteiger partial charge in [0.2, 0.25) is 5.88 Å². The van der Waals surface area contributed by atoms with E-state index in [0.29, 0.717) is 5.88 Å². The SMILES string of the molecule is C#CCOc1cc(C)nc(OC)n1.CC.CCC.OP(O)(O)=S.OP(O)(O)=S. The summed E-state index contributed by atoms with van der Waals surface area (Å²) in [4.78, 5) is 53.3. The zero-order chi connectivity index (χ0) is 23.4. The summed E-state index contributed by atoms with van der Waals surface area (Å²) in [5, 5.41) is 0. The van der Waals surface area contributed by atoms with Crippen LogP contribution >= 0.6 is 13.4 Å². The molecule has 0 bridgehead atoms. The van der Waals surface area contributed by atoms with E-state index in [1.165, 1.54) is 13.5 Å². The fourth-order valence-electron chi connectivity index (χ4n) is 0.794. The van der Waals surface area contributed by atoms with Gasteiger partial charge in [-0.2, -0.15) is 4.98 Å². The van der Waals surface area contributed by atoms with Crippen molar-refractivity contribution in [2.45, 2.75) is 41.0 Å². The molecule has 1 aromatic rings. The average Bonchev–Trinajstić information content (AvgIpc) is 2.52. The van der Waals surface area contributed by atoms with E-state index in [9.17, 15) is 0 Å². The van der Waals surface area contributed by atoms with Gasteiger partial charge in [-0.25, -0.2) is 4.98 Å². The van der Waals surface area contributed by atoms with Gasteiger partial charge in [0.05, 0.1) is 7.11 Å². The maximum absolute atomic E-state index is 7.56. The van der Waals surface area contributed by atoms with Crippen molar-refractivity contribution in [3.05, 3.63) is 11.8 Å². The molecule has 0 aliphatic carbocycles. The third-order valence-electron chi connectivity index (χ3n) is 1.30. The van der Waals surface area contributed by atoms with E-state index in [1.54, 1.807) is 6.07 Å². The van der Waals surface area contributed by atoms with Crippen molar-refractivity contribution in [2.24, 2.45) is 0 Å². The molecule has 0 saturated heterocycles. The topological polar surface area (TPSA) is 166 Å². The number of hydrogen-bond donors (Lipinski definition) is 6. The number of rotatable bonds is 3. The molecule has 0 aliphatic rings. The summed E-state index contributed by atoms with van der Waals surface area (Å²) in [5.41, 5.74) is 0.777. The van der Waals surface area contributed by atoms with Crippen LogP contribution in [0.3, 0.4) is 0 Å². The van der Waals surface area contributed by atoms with E-state index in [1.807, 2.05) is 20.8 Å². The fraction of sp³-hybridized carbons (Fsp3) is 0.571. The molecule has 0 spiro atoms. The number of hydrogen-bond acceptors (Lipinski definition) is 6. The molecule has 0 aliphatic heterocycles. The molecule has 28 heavy (non-hydrogen) atoms. The Bertz CT molecular complexity index is 596. The van der Waals surface area contributed by atoms with Crippen LogP contribution in [0.25, 0.3) is 0 Å². The van der Waals surface area contributed by atoms with Crippen LogP contribution in [0.5, 0.6) is 11.9 Å². The molecule has 1 heterocycles. The van der Waals surface area contributed by atoms with E-state index in [0.717, 1.165) is 5.69 Å². The number of aryl methyl sites for hydroxylation is 1. The first-order chi connectivity index (χ1) is 12.7. The van der Waals surface area contributed by atoms with Gasteiger partial charge >= 0.3 is 19.4 Å². The van der Waals surface area contributed by atoms with Gasteiger partial charge in [0.25, 0.3) is 0 Å². The summed E-state index contributed by atoms with van der Waals surface area (Å²) in [6.07, 6.45) is 6.29. The molecule has 0 unspecified atom stereocenters. The van der Waals surface area contributed by atoms with Crippen molar-refractivity contribution in [1.29, 1.82) is 0 Å². The highest BCUT2D eigenvalue weighted by Gasteiger charge is 2.01. The molecular formula is C14H30N2O8P2S2. The van der Waals surface area contributed by atoms with Gasteiger partial charge in [0, 0.05) is 11.8 Å². The lowest BCUT2D eigenvalue weighted by molar-refractivity contribution is 0.330. The Morgan fingerprint density at radius 2 is 1.39 bits per heavy atom. The standard InChI is InChI=1S/C9H10N2O2.C3H8.C2H6.2H3O3PS/c1-4-5-13-8-6-7(2)10-9(11-8)12-3;1-3-2;1-2;2*1-4(2,3)5/h1,6H,5H2,2-3H3;3H2,1-2H3;1-2H3;2*(H3,1,2,3,5). The number of ether oxygens (including phenoxy) is 2. The normalized spacial score (nSPS) is 9.25. The first-order valence-electron chi connectivity index (χ1n) is 7.70. The third-order valence-corrected chi connectivity index (χ3v) is 1.30. The number of methoxy groups -OCH3 is 1. The van der Waals surface area contributed by atoms with Gasteiger partial charge < -0.3 is 38.8 Å². The predicted molar refractivity (Wildman–Crippen MR) is 117 cm³/mol. The molecule has 6 N–H and O–H groups in total. The van der Waals surface area contributed by atoms with Crippen LogP contribution < -0.4 is 9.47 Å². The molecule has 0 radical (unpaired) electrons. The lowest BCUT2D eigenvalue weighted by Crippen LogP contribution is -2.00. The van der Waals surface area contributed by atoms with E-state index in [2.05, 4.69) is 53.3 Å². The van der Waals surface area contributed by atoms with Crippen LogP contribution in [0.2, 0.25) is 0 Å².